The van der Waals surface area contributed by atoms with E-state index in [1.54, 1.807) is 55.6 Å². The molecule has 1 amide bonds. The number of sulfonamides is 1. The second-order valence-corrected chi connectivity index (χ2v) is 9.45. The SMILES string of the molecule is COc1ccc([C@@H](C)NC(=O)CN(c2ccc(OC)cc2)S(=O)(=O)c2ccc(C)cc2)cc1. The van der Waals surface area contributed by atoms with Gasteiger partial charge in [0.25, 0.3) is 10.0 Å². The Balaban J connectivity index is 1.86. The number of carbonyl (C=O) groups is 1. The molecular formula is C25H28N2O5S. The lowest BCUT2D eigenvalue weighted by Crippen LogP contribution is -2.41. The fraction of sp³-hybridized carbons (Fsp3) is 0.240. The van der Waals surface area contributed by atoms with Crippen LogP contribution in [0.25, 0.3) is 0 Å². The summed E-state index contributed by atoms with van der Waals surface area (Å²) >= 11 is 0. The fourth-order valence-corrected chi connectivity index (χ4v) is 4.72. The third-order valence-electron chi connectivity index (χ3n) is 5.25. The van der Waals surface area contributed by atoms with Crippen molar-refractivity contribution in [2.24, 2.45) is 0 Å². The van der Waals surface area contributed by atoms with Gasteiger partial charge >= 0.3 is 0 Å². The molecule has 0 unspecified atom stereocenters. The van der Waals surface area contributed by atoms with Gasteiger partial charge in [-0.15, -0.1) is 0 Å². The monoisotopic (exact) mass is 468 g/mol. The quantitative estimate of drug-likeness (QED) is 0.511. The molecule has 0 aliphatic carbocycles. The maximum Gasteiger partial charge on any atom is 0.264 e. The highest BCUT2D eigenvalue weighted by Gasteiger charge is 2.27. The van der Waals surface area contributed by atoms with E-state index in [1.807, 2.05) is 38.1 Å². The van der Waals surface area contributed by atoms with Crippen LogP contribution in [0.3, 0.4) is 0 Å². The molecule has 1 N–H and O–H groups in total. The van der Waals surface area contributed by atoms with E-state index in [9.17, 15) is 13.2 Å². The summed E-state index contributed by atoms with van der Waals surface area (Å²) in [4.78, 5) is 13.0. The molecule has 0 saturated heterocycles. The third-order valence-corrected chi connectivity index (χ3v) is 7.04. The molecule has 0 fully saturated rings. The van der Waals surface area contributed by atoms with Gasteiger partial charge in [-0.05, 0) is 67.9 Å². The molecule has 3 rings (SSSR count). The van der Waals surface area contributed by atoms with Crippen molar-refractivity contribution in [2.75, 3.05) is 25.1 Å². The zero-order valence-electron chi connectivity index (χ0n) is 19.1. The number of hydrogen-bond acceptors (Lipinski definition) is 5. The van der Waals surface area contributed by atoms with Crippen molar-refractivity contribution < 1.29 is 22.7 Å². The predicted molar refractivity (Wildman–Crippen MR) is 128 cm³/mol. The van der Waals surface area contributed by atoms with Crippen LogP contribution in [0.2, 0.25) is 0 Å². The number of nitrogens with one attached hydrogen (secondary N) is 1. The van der Waals surface area contributed by atoms with Crippen molar-refractivity contribution in [1.29, 1.82) is 0 Å². The van der Waals surface area contributed by atoms with Crippen LogP contribution in [-0.2, 0) is 14.8 Å². The molecule has 174 valence electrons. The van der Waals surface area contributed by atoms with E-state index in [-0.39, 0.29) is 17.5 Å². The Morgan fingerprint density at radius 1 is 0.879 bits per heavy atom. The Hall–Kier alpha value is -3.52. The van der Waals surface area contributed by atoms with E-state index >= 15 is 0 Å². The van der Waals surface area contributed by atoms with Gasteiger partial charge in [0.15, 0.2) is 0 Å². The predicted octanol–water partition coefficient (Wildman–Crippen LogP) is 4.08. The summed E-state index contributed by atoms with van der Waals surface area (Å²) in [6.07, 6.45) is 0. The number of hydrogen-bond donors (Lipinski definition) is 1. The third kappa shape index (κ3) is 5.84. The van der Waals surface area contributed by atoms with Gasteiger partial charge in [-0.1, -0.05) is 29.8 Å². The highest BCUT2D eigenvalue weighted by molar-refractivity contribution is 7.92. The van der Waals surface area contributed by atoms with Crippen LogP contribution in [-0.4, -0.2) is 35.1 Å². The van der Waals surface area contributed by atoms with Gasteiger partial charge in [-0.2, -0.15) is 0 Å². The van der Waals surface area contributed by atoms with Crippen molar-refractivity contribution in [3.63, 3.8) is 0 Å². The summed E-state index contributed by atoms with van der Waals surface area (Å²) in [5.41, 5.74) is 2.18. The van der Waals surface area contributed by atoms with Gasteiger partial charge in [-0.3, -0.25) is 9.10 Å². The summed E-state index contributed by atoms with van der Waals surface area (Å²) in [7, 11) is -0.862. The first-order valence-corrected chi connectivity index (χ1v) is 11.9. The van der Waals surface area contributed by atoms with Crippen LogP contribution in [0, 0.1) is 6.92 Å². The minimum Gasteiger partial charge on any atom is -0.497 e. The average Bonchev–Trinajstić information content (AvgIpc) is 2.83. The molecule has 0 heterocycles. The van der Waals surface area contributed by atoms with Crippen molar-refractivity contribution in [1.82, 2.24) is 5.32 Å². The molecule has 0 aliphatic rings. The molecule has 33 heavy (non-hydrogen) atoms. The largest absolute Gasteiger partial charge is 0.497 e. The summed E-state index contributed by atoms with van der Waals surface area (Å²) in [6.45, 7) is 3.35. The first kappa shape index (κ1) is 24.1. The molecule has 0 aliphatic heterocycles. The van der Waals surface area contributed by atoms with Gasteiger partial charge in [0.05, 0.1) is 30.8 Å². The van der Waals surface area contributed by atoms with Crippen LogP contribution in [0.15, 0.2) is 77.7 Å². The topological polar surface area (TPSA) is 84.9 Å². The zero-order valence-corrected chi connectivity index (χ0v) is 19.9. The normalized spacial score (nSPS) is 12.0. The first-order chi connectivity index (χ1) is 15.7. The summed E-state index contributed by atoms with van der Waals surface area (Å²) < 4.78 is 38.4. The molecule has 0 aromatic heterocycles. The number of methoxy groups -OCH3 is 2. The van der Waals surface area contributed by atoms with Crippen LogP contribution in [0.4, 0.5) is 5.69 Å². The van der Waals surface area contributed by atoms with E-state index < -0.39 is 15.9 Å². The summed E-state index contributed by atoms with van der Waals surface area (Å²) in [5.74, 6) is 0.876. The first-order valence-electron chi connectivity index (χ1n) is 10.4. The van der Waals surface area contributed by atoms with Gasteiger partial charge in [-0.25, -0.2) is 8.42 Å². The number of nitrogens with zero attached hydrogens (tertiary/aromatic N) is 1. The van der Waals surface area contributed by atoms with Crippen molar-refractivity contribution >= 4 is 21.6 Å². The van der Waals surface area contributed by atoms with Crippen LogP contribution >= 0.6 is 0 Å². The molecular weight excluding hydrogens is 440 g/mol. The van der Waals surface area contributed by atoms with Gasteiger partial charge < -0.3 is 14.8 Å². The number of aryl methyl sites for hydroxylation is 1. The van der Waals surface area contributed by atoms with Crippen molar-refractivity contribution in [3.8, 4) is 11.5 Å². The molecule has 3 aromatic rings. The van der Waals surface area contributed by atoms with Gasteiger partial charge in [0.1, 0.15) is 18.0 Å². The van der Waals surface area contributed by atoms with E-state index in [1.165, 1.54) is 7.11 Å². The van der Waals surface area contributed by atoms with Gasteiger partial charge in [0.2, 0.25) is 5.91 Å². The standard InChI is InChI=1S/C25H28N2O5S/c1-18-5-15-24(16-6-18)33(29,30)27(21-9-13-23(32-4)14-10-21)17-25(28)26-19(2)20-7-11-22(31-3)12-8-20/h5-16,19H,17H2,1-4H3,(H,26,28)/t19-/m1/s1. The Morgan fingerprint density at radius 3 is 1.91 bits per heavy atom. The fourth-order valence-electron chi connectivity index (χ4n) is 3.29. The zero-order chi connectivity index (χ0) is 24.0. The smallest absolute Gasteiger partial charge is 0.264 e. The van der Waals surface area contributed by atoms with E-state index in [2.05, 4.69) is 5.32 Å². The Morgan fingerprint density at radius 2 is 1.39 bits per heavy atom. The van der Waals surface area contributed by atoms with Gasteiger partial charge in [0, 0.05) is 0 Å². The average molecular weight is 469 g/mol. The van der Waals surface area contributed by atoms with E-state index in [4.69, 9.17) is 9.47 Å². The lowest BCUT2D eigenvalue weighted by atomic mass is 10.1. The minimum absolute atomic E-state index is 0.111. The van der Waals surface area contributed by atoms with E-state index in [0.717, 1.165) is 15.4 Å². The highest BCUT2D eigenvalue weighted by Crippen LogP contribution is 2.26. The maximum atomic E-state index is 13.5. The van der Waals surface area contributed by atoms with E-state index in [0.29, 0.717) is 17.2 Å². The molecule has 8 heteroatoms. The second kappa shape index (κ2) is 10.4. The molecule has 7 nitrogen and oxygen atoms in total. The summed E-state index contributed by atoms with van der Waals surface area (Å²) in [5, 5.41) is 2.88. The lowest BCUT2D eigenvalue weighted by molar-refractivity contribution is -0.120. The van der Waals surface area contributed by atoms with Crippen molar-refractivity contribution in [3.05, 3.63) is 83.9 Å². The molecule has 1 atom stereocenters. The minimum atomic E-state index is -3.98. The maximum absolute atomic E-state index is 13.5. The molecule has 0 spiro atoms. The highest BCUT2D eigenvalue weighted by atomic mass is 32.2. The number of ether oxygens (including phenoxy) is 2. The number of carbonyl (C=O) groups excluding carboxylic acids is 1. The second-order valence-electron chi connectivity index (χ2n) is 7.59. The van der Waals surface area contributed by atoms with Crippen molar-refractivity contribution in [2.45, 2.75) is 24.8 Å². The number of anilines is 1. The lowest BCUT2D eigenvalue weighted by Gasteiger charge is -2.25. The molecule has 3 aromatic carbocycles. The number of benzene rings is 3. The Labute approximate surface area is 195 Å². The number of amides is 1. The van der Waals surface area contributed by atoms with Crippen LogP contribution in [0.5, 0.6) is 11.5 Å². The molecule has 0 bridgehead atoms. The Bertz CT molecular complexity index is 1170. The number of rotatable bonds is 9. The molecule has 0 radical (unpaired) electrons. The van der Waals surface area contributed by atoms with Crippen LogP contribution < -0.4 is 19.1 Å². The Kier molecular flexibility index (Phi) is 7.60. The molecule has 0 saturated carbocycles. The van der Waals surface area contributed by atoms with Crippen LogP contribution in [0.1, 0.15) is 24.1 Å². The summed E-state index contributed by atoms with van der Waals surface area (Å²) in [6, 6.07) is 20.1.